The van der Waals surface area contributed by atoms with E-state index in [2.05, 4.69) is 4.90 Å². The molecule has 1 aromatic heterocycles. The Kier molecular flexibility index (Phi) is 5.61. The zero-order valence-corrected chi connectivity index (χ0v) is 17.8. The summed E-state index contributed by atoms with van der Waals surface area (Å²) in [6.45, 7) is 0.814. The van der Waals surface area contributed by atoms with E-state index in [1.807, 2.05) is 68.7 Å². The highest BCUT2D eigenvalue weighted by atomic mass is 32.2. The van der Waals surface area contributed by atoms with Crippen molar-refractivity contribution in [1.29, 1.82) is 0 Å². The van der Waals surface area contributed by atoms with Crippen molar-refractivity contribution in [3.63, 3.8) is 0 Å². The summed E-state index contributed by atoms with van der Waals surface area (Å²) in [5.41, 5.74) is 1.62. The van der Waals surface area contributed by atoms with Crippen LogP contribution in [0.25, 0.3) is 10.9 Å². The predicted molar refractivity (Wildman–Crippen MR) is 120 cm³/mol. The number of hydrogen-bond acceptors (Lipinski definition) is 4. The molecule has 0 N–H and O–H groups in total. The highest BCUT2D eigenvalue weighted by molar-refractivity contribution is 7.90. The van der Waals surface area contributed by atoms with Crippen molar-refractivity contribution in [2.75, 3.05) is 20.6 Å². The van der Waals surface area contributed by atoms with Crippen LogP contribution in [0.2, 0.25) is 0 Å². The molecule has 0 saturated heterocycles. The fourth-order valence-electron chi connectivity index (χ4n) is 3.38. The molecule has 30 heavy (non-hydrogen) atoms. The van der Waals surface area contributed by atoms with Crippen LogP contribution in [0.1, 0.15) is 5.56 Å². The normalized spacial score (nSPS) is 11.8. The Balaban J connectivity index is 1.81. The standard InChI is InChI=1S/C24H24N2O3S/c1-25(2)16-15-19-18-26(30(27,28)22-11-7-4-8-12-22)24-14-13-21(17-23(19)24)29-20-9-5-3-6-10-20/h3-14,17-18H,15-16H2,1-2H3. The van der Waals surface area contributed by atoms with E-state index in [-0.39, 0.29) is 4.90 Å². The molecule has 0 atom stereocenters. The van der Waals surface area contributed by atoms with Crippen LogP contribution in [0.3, 0.4) is 0 Å². The van der Waals surface area contributed by atoms with Crippen molar-refractivity contribution in [3.8, 4) is 11.5 Å². The van der Waals surface area contributed by atoms with Gasteiger partial charge in [-0.05, 0) is 68.5 Å². The lowest BCUT2D eigenvalue weighted by Gasteiger charge is -2.09. The number of likely N-dealkylation sites (N-methyl/N-ethyl adjacent to an activating group) is 1. The Hall–Kier alpha value is -3.09. The van der Waals surface area contributed by atoms with Gasteiger partial charge in [0.1, 0.15) is 11.5 Å². The first-order valence-corrected chi connectivity index (χ1v) is 11.2. The molecule has 4 aromatic rings. The fraction of sp³-hybridized carbons (Fsp3) is 0.167. The number of hydrogen-bond donors (Lipinski definition) is 0. The molecule has 0 amide bonds. The van der Waals surface area contributed by atoms with Crippen molar-refractivity contribution in [1.82, 2.24) is 8.87 Å². The Morgan fingerprint density at radius 3 is 2.20 bits per heavy atom. The number of para-hydroxylation sites is 1. The summed E-state index contributed by atoms with van der Waals surface area (Å²) < 4.78 is 34.0. The van der Waals surface area contributed by atoms with Crippen molar-refractivity contribution in [2.24, 2.45) is 0 Å². The third-order valence-corrected chi connectivity index (χ3v) is 6.62. The summed E-state index contributed by atoms with van der Waals surface area (Å²) >= 11 is 0. The third-order valence-electron chi connectivity index (χ3n) is 4.93. The summed E-state index contributed by atoms with van der Waals surface area (Å²) in [4.78, 5) is 2.35. The lowest BCUT2D eigenvalue weighted by molar-refractivity contribution is 0.414. The quantitative estimate of drug-likeness (QED) is 0.432. The maximum absolute atomic E-state index is 13.3. The second-order valence-corrected chi connectivity index (χ2v) is 9.23. The number of rotatable bonds is 7. The number of nitrogens with zero attached hydrogens (tertiary/aromatic N) is 2. The largest absolute Gasteiger partial charge is 0.457 e. The number of ether oxygens (including phenoxy) is 1. The van der Waals surface area contributed by atoms with E-state index in [9.17, 15) is 8.42 Å². The summed E-state index contributed by atoms with van der Waals surface area (Å²) in [5, 5.41) is 0.879. The minimum absolute atomic E-state index is 0.269. The van der Waals surface area contributed by atoms with Crippen LogP contribution in [0.15, 0.2) is 90.0 Å². The molecule has 0 aliphatic heterocycles. The lowest BCUT2D eigenvalue weighted by Crippen LogP contribution is -2.15. The number of aromatic nitrogens is 1. The van der Waals surface area contributed by atoms with Crippen LogP contribution in [0, 0.1) is 0 Å². The van der Waals surface area contributed by atoms with E-state index in [0.29, 0.717) is 11.3 Å². The van der Waals surface area contributed by atoms with Crippen LogP contribution in [0.4, 0.5) is 0 Å². The van der Waals surface area contributed by atoms with Crippen LogP contribution >= 0.6 is 0 Å². The van der Waals surface area contributed by atoms with Gasteiger partial charge in [0.2, 0.25) is 0 Å². The van der Waals surface area contributed by atoms with E-state index >= 15 is 0 Å². The highest BCUT2D eigenvalue weighted by Crippen LogP contribution is 2.31. The summed E-state index contributed by atoms with van der Waals surface area (Å²) in [5.74, 6) is 1.41. The molecule has 0 radical (unpaired) electrons. The van der Waals surface area contributed by atoms with Gasteiger partial charge < -0.3 is 9.64 Å². The fourth-order valence-corrected chi connectivity index (χ4v) is 4.79. The zero-order valence-electron chi connectivity index (χ0n) is 17.0. The van der Waals surface area contributed by atoms with Gasteiger partial charge in [-0.1, -0.05) is 36.4 Å². The Morgan fingerprint density at radius 1 is 0.867 bits per heavy atom. The molecule has 0 aliphatic rings. The maximum Gasteiger partial charge on any atom is 0.268 e. The highest BCUT2D eigenvalue weighted by Gasteiger charge is 2.21. The molecule has 5 nitrogen and oxygen atoms in total. The van der Waals surface area contributed by atoms with Gasteiger partial charge in [-0.3, -0.25) is 0 Å². The second kappa shape index (κ2) is 8.34. The van der Waals surface area contributed by atoms with Gasteiger partial charge in [-0.25, -0.2) is 12.4 Å². The minimum atomic E-state index is -3.69. The number of benzene rings is 3. The van der Waals surface area contributed by atoms with E-state index < -0.39 is 10.0 Å². The van der Waals surface area contributed by atoms with Gasteiger partial charge in [0, 0.05) is 18.1 Å². The third kappa shape index (κ3) is 4.10. The van der Waals surface area contributed by atoms with Gasteiger partial charge in [0.15, 0.2) is 0 Å². The molecule has 0 unspecified atom stereocenters. The predicted octanol–water partition coefficient (Wildman–Crippen LogP) is 4.77. The van der Waals surface area contributed by atoms with E-state index in [4.69, 9.17) is 4.74 Å². The smallest absolute Gasteiger partial charge is 0.268 e. The van der Waals surface area contributed by atoms with Gasteiger partial charge in [-0.2, -0.15) is 0 Å². The first kappa shape index (κ1) is 20.2. The van der Waals surface area contributed by atoms with E-state index in [0.717, 1.165) is 29.7 Å². The monoisotopic (exact) mass is 420 g/mol. The van der Waals surface area contributed by atoms with Crippen LogP contribution in [0.5, 0.6) is 11.5 Å². The molecule has 0 spiro atoms. The number of fused-ring (bicyclic) bond motifs is 1. The molecule has 4 rings (SSSR count). The maximum atomic E-state index is 13.3. The summed E-state index contributed by atoms with van der Waals surface area (Å²) in [6.07, 6.45) is 2.47. The van der Waals surface area contributed by atoms with E-state index in [1.54, 1.807) is 30.5 Å². The van der Waals surface area contributed by atoms with Crippen molar-refractivity contribution in [2.45, 2.75) is 11.3 Å². The molecule has 0 saturated carbocycles. The molecule has 0 bridgehead atoms. The van der Waals surface area contributed by atoms with Crippen LogP contribution < -0.4 is 4.74 Å². The van der Waals surface area contributed by atoms with E-state index in [1.165, 1.54) is 3.97 Å². The average molecular weight is 421 g/mol. The topological polar surface area (TPSA) is 51.5 Å². The zero-order chi connectivity index (χ0) is 21.1. The molecule has 6 heteroatoms. The van der Waals surface area contributed by atoms with Gasteiger partial charge in [0.05, 0.1) is 10.4 Å². The minimum Gasteiger partial charge on any atom is -0.457 e. The van der Waals surface area contributed by atoms with Gasteiger partial charge in [0.25, 0.3) is 10.0 Å². The van der Waals surface area contributed by atoms with Crippen molar-refractivity contribution >= 4 is 20.9 Å². The molecule has 0 fully saturated rings. The molecular weight excluding hydrogens is 396 g/mol. The lowest BCUT2D eigenvalue weighted by atomic mass is 10.1. The molecule has 1 heterocycles. The Morgan fingerprint density at radius 2 is 1.53 bits per heavy atom. The van der Waals surface area contributed by atoms with Crippen LogP contribution in [-0.4, -0.2) is 37.9 Å². The molecule has 154 valence electrons. The van der Waals surface area contributed by atoms with Crippen LogP contribution in [-0.2, 0) is 16.4 Å². The van der Waals surface area contributed by atoms with Gasteiger partial charge >= 0.3 is 0 Å². The summed E-state index contributed by atoms with van der Waals surface area (Å²) in [7, 11) is 0.315. The first-order chi connectivity index (χ1) is 14.4. The molecular formula is C24H24N2O3S. The second-order valence-electron chi connectivity index (χ2n) is 7.42. The SMILES string of the molecule is CN(C)CCc1cn(S(=O)(=O)c2ccccc2)c2ccc(Oc3ccccc3)cc12. The molecule has 3 aromatic carbocycles. The first-order valence-electron chi connectivity index (χ1n) is 9.77. The Bertz CT molecular complexity index is 1250. The van der Waals surface area contributed by atoms with Crippen molar-refractivity contribution < 1.29 is 13.2 Å². The summed E-state index contributed by atoms with van der Waals surface area (Å²) in [6, 6.07) is 23.6. The average Bonchev–Trinajstić information content (AvgIpc) is 3.12. The van der Waals surface area contributed by atoms with Gasteiger partial charge in [-0.15, -0.1) is 0 Å². The molecule has 0 aliphatic carbocycles. The Labute approximate surface area is 177 Å². The van der Waals surface area contributed by atoms with Crippen molar-refractivity contribution in [3.05, 3.63) is 90.6 Å².